The highest BCUT2D eigenvalue weighted by atomic mass is 127. The first-order chi connectivity index (χ1) is 14.5. The largest absolute Gasteiger partial charge is 0.348 e. The first-order valence-corrected chi connectivity index (χ1v) is 10.7. The van der Waals surface area contributed by atoms with Crippen LogP contribution in [0.4, 0.5) is 5.69 Å². The minimum Gasteiger partial charge on any atom is -0.348 e. The van der Waals surface area contributed by atoms with E-state index in [2.05, 4.69) is 33.2 Å². The van der Waals surface area contributed by atoms with Gasteiger partial charge in [0.15, 0.2) is 5.11 Å². The Hall–Kier alpha value is -2.78. The summed E-state index contributed by atoms with van der Waals surface area (Å²) in [5, 5.41) is 5.88. The SMILES string of the molecule is CN(C(=S)NC(=O)c1ccccc1I)c1ccccc1C(=O)NCc1ccccc1. The van der Waals surface area contributed by atoms with Gasteiger partial charge in [-0.1, -0.05) is 54.6 Å². The van der Waals surface area contributed by atoms with E-state index in [-0.39, 0.29) is 16.9 Å². The standard InChI is InChI=1S/C23H20IN3O2S/c1-27(23(30)26-22(29)17-11-5-7-13-19(17)24)20-14-8-6-12-18(20)21(28)25-15-16-9-3-2-4-10-16/h2-14H,15H2,1H3,(H,25,28)(H,26,29,30). The van der Waals surface area contributed by atoms with Gasteiger partial charge in [0, 0.05) is 17.2 Å². The number of carbonyl (C=O) groups excluding carboxylic acids is 2. The molecule has 0 aliphatic heterocycles. The predicted molar refractivity (Wildman–Crippen MR) is 132 cm³/mol. The highest BCUT2D eigenvalue weighted by molar-refractivity contribution is 14.1. The fourth-order valence-electron chi connectivity index (χ4n) is 2.83. The summed E-state index contributed by atoms with van der Waals surface area (Å²) >= 11 is 7.53. The average Bonchev–Trinajstić information content (AvgIpc) is 2.77. The first-order valence-electron chi connectivity index (χ1n) is 9.22. The molecule has 0 saturated carbocycles. The van der Waals surface area contributed by atoms with E-state index < -0.39 is 0 Å². The molecular formula is C23H20IN3O2S. The molecule has 0 heterocycles. The van der Waals surface area contributed by atoms with Crippen molar-refractivity contribution in [2.75, 3.05) is 11.9 Å². The lowest BCUT2D eigenvalue weighted by atomic mass is 10.1. The third kappa shape index (κ3) is 5.43. The molecular weight excluding hydrogens is 509 g/mol. The summed E-state index contributed by atoms with van der Waals surface area (Å²) in [5.41, 5.74) is 2.64. The zero-order valence-corrected chi connectivity index (χ0v) is 19.2. The number of hydrogen-bond acceptors (Lipinski definition) is 3. The van der Waals surface area contributed by atoms with Crippen LogP contribution in [-0.2, 0) is 6.54 Å². The van der Waals surface area contributed by atoms with Crippen molar-refractivity contribution in [1.82, 2.24) is 10.6 Å². The van der Waals surface area contributed by atoms with Crippen LogP contribution in [0.1, 0.15) is 26.3 Å². The molecule has 0 unspecified atom stereocenters. The van der Waals surface area contributed by atoms with Gasteiger partial charge in [0.2, 0.25) is 0 Å². The van der Waals surface area contributed by atoms with E-state index in [1.807, 2.05) is 48.5 Å². The highest BCUT2D eigenvalue weighted by Gasteiger charge is 2.19. The first kappa shape index (κ1) is 21.9. The summed E-state index contributed by atoms with van der Waals surface area (Å²) in [6, 6.07) is 24.1. The Kier molecular flexibility index (Phi) is 7.53. The van der Waals surface area contributed by atoms with Crippen molar-refractivity contribution in [3.63, 3.8) is 0 Å². The summed E-state index contributed by atoms with van der Waals surface area (Å²) in [7, 11) is 1.72. The number of amides is 2. The van der Waals surface area contributed by atoms with Gasteiger partial charge in [0.25, 0.3) is 11.8 Å². The maximum atomic E-state index is 12.8. The molecule has 0 bridgehead atoms. The molecule has 7 heteroatoms. The van der Waals surface area contributed by atoms with E-state index in [9.17, 15) is 9.59 Å². The van der Waals surface area contributed by atoms with Crippen LogP contribution < -0.4 is 15.5 Å². The summed E-state index contributed by atoms with van der Waals surface area (Å²) in [6.07, 6.45) is 0. The van der Waals surface area contributed by atoms with Crippen molar-refractivity contribution >= 4 is 57.4 Å². The summed E-state index contributed by atoms with van der Waals surface area (Å²) in [4.78, 5) is 27.0. The molecule has 3 aromatic rings. The normalized spacial score (nSPS) is 10.2. The average molecular weight is 529 g/mol. The molecule has 30 heavy (non-hydrogen) atoms. The second-order valence-electron chi connectivity index (χ2n) is 6.48. The summed E-state index contributed by atoms with van der Waals surface area (Å²) in [6.45, 7) is 0.422. The van der Waals surface area contributed by atoms with Crippen LogP contribution in [0.5, 0.6) is 0 Å². The van der Waals surface area contributed by atoms with Gasteiger partial charge < -0.3 is 10.2 Å². The van der Waals surface area contributed by atoms with Gasteiger partial charge in [0.05, 0.1) is 16.8 Å². The summed E-state index contributed by atoms with van der Waals surface area (Å²) < 4.78 is 0.832. The van der Waals surface area contributed by atoms with Crippen LogP contribution in [0, 0.1) is 3.57 Å². The molecule has 0 atom stereocenters. The van der Waals surface area contributed by atoms with Crippen LogP contribution in [0.2, 0.25) is 0 Å². The van der Waals surface area contributed by atoms with E-state index in [0.29, 0.717) is 23.4 Å². The molecule has 0 fully saturated rings. The van der Waals surface area contributed by atoms with E-state index in [4.69, 9.17) is 12.2 Å². The monoisotopic (exact) mass is 529 g/mol. The number of carbonyl (C=O) groups is 2. The number of halogens is 1. The lowest BCUT2D eigenvalue weighted by molar-refractivity contribution is 0.0949. The van der Waals surface area contributed by atoms with Crippen LogP contribution in [0.25, 0.3) is 0 Å². The molecule has 0 radical (unpaired) electrons. The molecule has 3 rings (SSSR count). The number of para-hydroxylation sites is 1. The number of nitrogens with zero attached hydrogens (tertiary/aromatic N) is 1. The van der Waals surface area contributed by atoms with Gasteiger partial charge in [-0.2, -0.15) is 0 Å². The predicted octanol–water partition coefficient (Wildman–Crippen LogP) is 4.37. The Bertz CT molecular complexity index is 1070. The quantitative estimate of drug-likeness (QED) is 0.381. The molecule has 0 aliphatic carbocycles. The van der Waals surface area contributed by atoms with Gasteiger partial charge in [0.1, 0.15) is 0 Å². The second kappa shape index (κ2) is 10.3. The van der Waals surface area contributed by atoms with Crippen LogP contribution in [0.3, 0.4) is 0 Å². The Morgan fingerprint density at radius 3 is 2.17 bits per heavy atom. The van der Waals surface area contributed by atoms with Crippen LogP contribution in [0.15, 0.2) is 78.9 Å². The topological polar surface area (TPSA) is 61.4 Å². The van der Waals surface area contributed by atoms with Crippen LogP contribution >= 0.6 is 34.8 Å². The molecule has 0 spiro atoms. The Labute approximate surface area is 194 Å². The second-order valence-corrected chi connectivity index (χ2v) is 8.03. The van der Waals surface area contributed by atoms with Crippen molar-refractivity contribution in [3.8, 4) is 0 Å². The fraction of sp³-hybridized carbons (Fsp3) is 0.0870. The molecule has 2 N–H and O–H groups in total. The number of anilines is 1. The molecule has 2 amide bonds. The van der Waals surface area contributed by atoms with Gasteiger partial charge in [-0.3, -0.25) is 14.9 Å². The van der Waals surface area contributed by atoms with Gasteiger partial charge in [-0.15, -0.1) is 0 Å². The molecule has 152 valence electrons. The van der Waals surface area contributed by atoms with E-state index in [1.54, 1.807) is 42.3 Å². The zero-order chi connectivity index (χ0) is 21.5. The minimum atomic E-state index is -0.289. The molecule has 0 aromatic heterocycles. The van der Waals surface area contributed by atoms with E-state index >= 15 is 0 Å². The van der Waals surface area contributed by atoms with Crippen molar-refractivity contribution in [3.05, 3.63) is 99.1 Å². The molecule has 0 saturated heterocycles. The fourth-order valence-corrected chi connectivity index (χ4v) is 3.66. The lowest BCUT2D eigenvalue weighted by Crippen LogP contribution is -2.41. The Morgan fingerprint density at radius 2 is 1.47 bits per heavy atom. The number of rotatable bonds is 5. The minimum absolute atomic E-state index is 0.211. The Morgan fingerprint density at radius 1 is 0.867 bits per heavy atom. The number of hydrogen-bond donors (Lipinski definition) is 2. The van der Waals surface area contributed by atoms with Gasteiger partial charge in [-0.05, 0) is 64.6 Å². The Balaban J connectivity index is 1.72. The van der Waals surface area contributed by atoms with Crippen molar-refractivity contribution in [2.24, 2.45) is 0 Å². The molecule has 5 nitrogen and oxygen atoms in total. The zero-order valence-electron chi connectivity index (χ0n) is 16.3. The third-order valence-corrected chi connectivity index (χ3v) is 5.77. The number of nitrogens with one attached hydrogen (secondary N) is 2. The van der Waals surface area contributed by atoms with E-state index in [1.165, 1.54) is 0 Å². The smallest absolute Gasteiger partial charge is 0.258 e. The number of thiocarbonyl (C=S) groups is 1. The van der Waals surface area contributed by atoms with Crippen molar-refractivity contribution in [2.45, 2.75) is 6.54 Å². The maximum Gasteiger partial charge on any atom is 0.258 e. The van der Waals surface area contributed by atoms with E-state index in [0.717, 1.165) is 9.13 Å². The maximum absolute atomic E-state index is 12.8. The number of benzene rings is 3. The highest BCUT2D eigenvalue weighted by Crippen LogP contribution is 2.20. The van der Waals surface area contributed by atoms with Crippen LogP contribution in [-0.4, -0.2) is 24.0 Å². The van der Waals surface area contributed by atoms with Gasteiger partial charge >= 0.3 is 0 Å². The van der Waals surface area contributed by atoms with Crippen molar-refractivity contribution < 1.29 is 9.59 Å². The van der Waals surface area contributed by atoms with Gasteiger partial charge in [-0.25, -0.2) is 0 Å². The third-order valence-electron chi connectivity index (χ3n) is 4.45. The molecule has 3 aromatic carbocycles. The molecule has 0 aliphatic rings. The summed E-state index contributed by atoms with van der Waals surface area (Å²) in [5.74, 6) is -0.504. The lowest BCUT2D eigenvalue weighted by Gasteiger charge is -2.23. The van der Waals surface area contributed by atoms with Crippen molar-refractivity contribution in [1.29, 1.82) is 0 Å².